The van der Waals surface area contributed by atoms with Crippen LogP contribution in [0.15, 0.2) is 0 Å². The van der Waals surface area contributed by atoms with Crippen LogP contribution in [0.2, 0.25) is 0 Å². The molecule has 0 amide bonds. The molecular weight excluding hydrogens is 248 g/mol. The number of aliphatic hydroxyl groups is 1. The van der Waals surface area contributed by atoms with E-state index < -0.39 is 5.60 Å². The molecule has 118 valence electrons. The minimum atomic E-state index is -0.441. The SMILES string of the molecule is CNC1CC(C)CC(C)C1CN1CCCC(C)(O)CC1. The summed E-state index contributed by atoms with van der Waals surface area (Å²) in [6, 6.07) is 0.664. The Balaban J connectivity index is 1.93. The highest BCUT2D eigenvalue weighted by molar-refractivity contribution is 4.90. The molecule has 1 aliphatic carbocycles. The van der Waals surface area contributed by atoms with Crippen LogP contribution in [0, 0.1) is 17.8 Å². The fraction of sp³-hybridized carbons (Fsp3) is 1.00. The molecule has 0 bridgehead atoms. The van der Waals surface area contributed by atoms with Crippen LogP contribution < -0.4 is 5.32 Å². The highest BCUT2D eigenvalue weighted by Gasteiger charge is 2.35. The van der Waals surface area contributed by atoms with Crippen molar-refractivity contribution >= 4 is 0 Å². The lowest BCUT2D eigenvalue weighted by Gasteiger charge is -2.42. The van der Waals surface area contributed by atoms with Gasteiger partial charge in [0.2, 0.25) is 0 Å². The molecule has 3 heteroatoms. The monoisotopic (exact) mass is 282 g/mol. The van der Waals surface area contributed by atoms with Crippen molar-refractivity contribution in [2.75, 3.05) is 26.7 Å². The maximum absolute atomic E-state index is 10.2. The van der Waals surface area contributed by atoms with Crippen LogP contribution in [-0.4, -0.2) is 48.3 Å². The summed E-state index contributed by atoms with van der Waals surface area (Å²) in [6.45, 7) is 10.2. The average Bonchev–Trinajstić information content (AvgIpc) is 2.53. The second kappa shape index (κ2) is 6.76. The average molecular weight is 282 g/mol. The molecule has 2 rings (SSSR count). The van der Waals surface area contributed by atoms with Crippen molar-refractivity contribution < 1.29 is 5.11 Å². The molecule has 0 aromatic rings. The molecule has 2 N–H and O–H groups in total. The Morgan fingerprint density at radius 3 is 2.65 bits per heavy atom. The quantitative estimate of drug-likeness (QED) is 0.835. The first kappa shape index (κ1) is 16.3. The lowest BCUT2D eigenvalue weighted by atomic mass is 9.72. The number of likely N-dealkylation sites (tertiary alicyclic amines) is 1. The number of nitrogens with one attached hydrogen (secondary N) is 1. The van der Waals surface area contributed by atoms with Gasteiger partial charge in [-0.15, -0.1) is 0 Å². The summed E-state index contributed by atoms with van der Waals surface area (Å²) < 4.78 is 0. The fourth-order valence-corrected chi connectivity index (χ4v) is 4.35. The van der Waals surface area contributed by atoms with E-state index >= 15 is 0 Å². The van der Waals surface area contributed by atoms with Crippen molar-refractivity contribution in [3.05, 3.63) is 0 Å². The summed E-state index contributed by atoms with van der Waals surface area (Å²) in [6.07, 6.45) is 5.70. The maximum atomic E-state index is 10.2. The topological polar surface area (TPSA) is 35.5 Å². The Hall–Kier alpha value is -0.120. The highest BCUT2D eigenvalue weighted by atomic mass is 16.3. The van der Waals surface area contributed by atoms with Gasteiger partial charge >= 0.3 is 0 Å². The van der Waals surface area contributed by atoms with Crippen LogP contribution in [-0.2, 0) is 0 Å². The van der Waals surface area contributed by atoms with E-state index in [0.29, 0.717) is 6.04 Å². The van der Waals surface area contributed by atoms with Crippen molar-refractivity contribution in [1.82, 2.24) is 10.2 Å². The van der Waals surface area contributed by atoms with Gasteiger partial charge in [-0.1, -0.05) is 13.8 Å². The zero-order valence-corrected chi connectivity index (χ0v) is 13.9. The van der Waals surface area contributed by atoms with Gasteiger partial charge in [0.1, 0.15) is 0 Å². The van der Waals surface area contributed by atoms with Gasteiger partial charge in [-0.25, -0.2) is 0 Å². The van der Waals surface area contributed by atoms with Gasteiger partial charge in [-0.05, 0) is 70.4 Å². The Morgan fingerprint density at radius 2 is 1.95 bits per heavy atom. The number of hydrogen-bond donors (Lipinski definition) is 2. The molecule has 0 aromatic heterocycles. The first-order valence-corrected chi connectivity index (χ1v) is 8.53. The van der Waals surface area contributed by atoms with Crippen LogP contribution >= 0.6 is 0 Å². The smallest absolute Gasteiger partial charge is 0.0632 e. The van der Waals surface area contributed by atoms with Gasteiger partial charge in [0.25, 0.3) is 0 Å². The van der Waals surface area contributed by atoms with E-state index in [-0.39, 0.29) is 0 Å². The van der Waals surface area contributed by atoms with Crippen molar-refractivity contribution in [3.63, 3.8) is 0 Å². The summed E-state index contributed by atoms with van der Waals surface area (Å²) >= 11 is 0. The third kappa shape index (κ3) is 4.19. The van der Waals surface area contributed by atoms with Gasteiger partial charge in [0.15, 0.2) is 0 Å². The summed E-state index contributed by atoms with van der Waals surface area (Å²) in [7, 11) is 2.12. The first-order valence-electron chi connectivity index (χ1n) is 8.53. The highest BCUT2D eigenvalue weighted by Crippen LogP contribution is 2.34. The molecule has 0 aromatic carbocycles. The molecule has 0 spiro atoms. The lowest BCUT2D eigenvalue weighted by Crippen LogP contribution is -2.48. The van der Waals surface area contributed by atoms with Gasteiger partial charge in [0, 0.05) is 19.1 Å². The van der Waals surface area contributed by atoms with Crippen LogP contribution in [0.4, 0.5) is 0 Å². The first-order chi connectivity index (χ1) is 9.41. The molecule has 1 saturated heterocycles. The third-order valence-electron chi connectivity index (χ3n) is 5.67. The van der Waals surface area contributed by atoms with Gasteiger partial charge in [-0.2, -0.15) is 0 Å². The standard InChI is InChI=1S/C17H34N2O/c1-13-10-14(2)15(16(11-13)18-4)12-19-8-5-6-17(3,20)7-9-19/h13-16,18,20H,5-12H2,1-4H3. The molecule has 2 aliphatic rings. The number of rotatable bonds is 3. The summed E-state index contributed by atoms with van der Waals surface area (Å²) in [5, 5.41) is 13.8. The Bertz CT molecular complexity index is 305. The largest absolute Gasteiger partial charge is 0.390 e. The summed E-state index contributed by atoms with van der Waals surface area (Å²) in [5.41, 5.74) is -0.441. The minimum absolute atomic E-state index is 0.441. The van der Waals surface area contributed by atoms with Crippen LogP contribution in [0.5, 0.6) is 0 Å². The fourth-order valence-electron chi connectivity index (χ4n) is 4.35. The molecule has 0 radical (unpaired) electrons. The molecule has 20 heavy (non-hydrogen) atoms. The number of hydrogen-bond acceptors (Lipinski definition) is 3. The van der Waals surface area contributed by atoms with E-state index in [9.17, 15) is 5.11 Å². The van der Waals surface area contributed by atoms with Gasteiger partial charge in [0.05, 0.1) is 5.60 Å². The normalized spacial score (nSPS) is 44.2. The predicted octanol–water partition coefficient (Wildman–Crippen LogP) is 2.49. The number of nitrogens with zero attached hydrogens (tertiary/aromatic N) is 1. The second-order valence-corrected chi connectivity index (χ2v) is 7.76. The van der Waals surface area contributed by atoms with E-state index in [1.165, 1.54) is 19.4 Å². The van der Waals surface area contributed by atoms with E-state index in [4.69, 9.17) is 0 Å². The Kier molecular flexibility index (Phi) is 5.49. The second-order valence-electron chi connectivity index (χ2n) is 7.76. The Morgan fingerprint density at radius 1 is 1.20 bits per heavy atom. The molecule has 2 fully saturated rings. The van der Waals surface area contributed by atoms with Crippen LogP contribution in [0.1, 0.15) is 52.9 Å². The molecular formula is C17H34N2O. The third-order valence-corrected chi connectivity index (χ3v) is 5.67. The zero-order valence-electron chi connectivity index (χ0n) is 13.9. The van der Waals surface area contributed by atoms with Crippen molar-refractivity contribution in [2.45, 2.75) is 64.5 Å². The van der Waals surface area contributed by atoms with E-state index in [0.717, 1.165) is 50.1 Å². The zero-order chi connectivity index (χ0) is 14.8. The molecule has 5 atom stereocenters. The van der Waals surface area contributed by atoms with Crippen LogP contribution in [0.25, 0.3) is 0 Å². The summed E-state index contributed by atoms with van der Waals surface area (Å²) in [4.78, 5) is 2.60. The molecule has 3 nitrogen and oxygen atoms in total. The summed E-state index contributed by atoms with van der Waals surface area (Å²) in [5.74, 6) is 2.42. The van der Waals surface area contributed by atoms with Crippen molar-refractivity contribution in [3.8, 4) is 0 Å². The van der Waals surface area contributed by atoms with E-state index in [1.54, 1.807) is 0 Å². The molecule has 5 unspecified atom stereocenters. The molecule has 1 saturated carbocycles. The minimum Gasteiger partial charge on any atom is -0.390 e. The van der Waals surface area contributed by atoms with Crippen molar-refractivity contribution in [1.29, 1.82) is 0 Å². The molecule has 1 heterocycles. The van der Waals surface area contributed by atoms with E-state index in [1.807, 2.05) is 6.92 Å². The van der Waals surface area contributed by atoms with Gasteiger partial charge in [-0.3, -0.25) is 0 Å². The molecule has 1 aliphatic heterocycles. The van der Waals surface area contributed by atoms with Crippen molar-refractivity contribution in [2.24, 2.45) is 17.8 Å². The van der Waals surface area contributed by atoms with E-state index in [2.05, 4.69) is 31.1 Å². The van der Waals surface area contributed by atoms with Crippen LogP contribution in [0.3, 0.4) is 0 Å². The Labute approximate surface area is 125 Å². The van der Waals surface area contributed by atoms with Gasteiger partial charge < -0.3 is 15.3 Å². The lowest BCUT2D eigenvalue weighted by molar-refractivity contribution is 0.0422. The predicted molar refractivity (Wildman–Crippen MR) is 84.8 cm³/mol. The maximum Gasteiger partial charge on any atom is 0.0632 e.